The van der Waals surface area contributed by atoms with E-state index in [-0.39, 0.29) is 0 Å². The van der Waals surface area contributed by atoms with Gasteiger partial charge in [-0.05, 0) is 31.4 Å². The lowest BCUT2D eigenvalue weighted by atomic mass is 9.93. The zero-order valence-electron chi connectivity index (χ0n) is 11.2. The molecule has 1 nitrogen and oxygen atoms in total. The monoisotopic (exact) mass is 231 g/mol. The maximum atomic E-state index is 3.65. The van der Waals surface area contributed by atoms with Crippen molar-refractivity contribution in [2.24, 2.45) is 5.92 Å². The van der Waals surface area contributed by atoms with E-state index in [0.29, 0.717) is 6.04 Å². The Morgan fingerprint density at radius 3 is 2.71 bits per heavy atom. The van der Waals surface area contributed by atoms with Crippen molar-refractivity contribution in [2.75, 3.05) is 6.54 Å². The third kappa shape index (κ3) is 3.57. The molecular formula is C16H25N. The molecule has 0 aromatic heterocycles. The summed E-state index contributed by atoms with van der Waals surface area (Å²) in [6.07, 6.45) is 7.08. The smallest absolute Gasteiger partial charge is 0.0322 e. The standard InChI is InChI=1S/C16H25N/c1-3-17-16(12-14-8-4-5-9-14)15-10-6-7-13(2)11-15/h6-7,10-11,14,16-17H,3-5,8-9,12H2,1-2H3. The van der Waals surface area contributed by atoms with Crippen LogP contribution in [0.15, 0.2) is 24.3 Å². The van der Waals surface area contributed by atoms with Gasteiger partial charge in [-0.15, -0.1) is 0 Å². The quantitative estimate of drug-likeness (QED) is 0.800. The first-order valence-electron chi connectivity index (χ1n) is 7.09. The predicted molar refractivity (Wildman–Crippen MR) is 74.2 cm³/mol. The van der Waals surface area contributed by atoms with Crippen molar-refractivity contribution in [2.45, 2.75) is 52.0 Å². The highest BCUT2D eigenvalue weighted by Gasteiger charge is 2.20. The fourth-order valence-corrected chi connectivity index (χ4v) is 3.05. The van der Waals surface area contributed by atoms with Gasteiger partial charge in [0.15, 0.2) is 0 Å². The van der Waals surface area contributed by atoms with E-state index in [1.54, 1.807) is 0 Å². The molecule has 0 aliphatic heterocycles. The van der Waals surface area contributed by atoms with Gasteiger partial charge < -0.3 is 5.32 Å². The van der Waals surface area contributed by atoms with Crippen LogP contribution < -0.4 is 5.32 Å². The van der Waals surface area contributed by atoms with Crippen LogP contribution in [0.2, 0.25) is 0 Å². The number of hydrogen-bond donors (Lipinski definition) is 1. The molecule has 1 atom stereocenters. The molecule has 1 aliphatic rings. The molecule has 0 amide bonds. The summed E-state index contributed by atoms with van der Waals surface area (Å²) in [5, 5.41) is 3.65. The highest BCUT2D eigenvalue weighted by Crippen LogP contribution is 2.33. The van der Waals surface area contributed by atoms with E-state index in [0.717, 1.165) is 12.5 Å². The van der Waals surface area contributed by atoms with Gasteiger partial charge in [0.1, 0.15) is 0 Å². The maximum absolute atomic E-state index is 3.65. The van der Waals surface area contributed by atoms with Crippen LogP contribution in [-0.2, 0) is 0 Å². The van der Waals surface area contributed by atoms with Gasteiger partial charge in [-0.25, -0.2) is 0 Å². The fourth-order valence-electron chi connectivity index (χ4n) is 3.05. The summed E-state index contributed by atoms with van der Waals surface area (Å²) in [4.78, 5) is 0. The van der Waals surface area contributed by atoms with Crippen molar-refractivity contribution in [1.29, 1.82) is 0 Å². The molecule has 2 rings (SSSR count). The van der Waals surface area contributed by atoms with E-state index < -0.39 is 0 Å². The number of aryl methyl sites for hydroxylation is 1. The molecule has 0 radical (unpaired) electrons. The SMILES string of the molecule is CCNC(CC1CCCC1)c1cccc(C)c1. The first kappa shape index (κ1) is 12.6. The topological polar surface area (TPSA) is 12.0 Å². The van der Waals surface area contributed by atoms with Gasteiger partial charge >= 0.3 is 0 Å². The first-order valence-corrected chi connectivity index (χ1v) is 7.09. The molecule has 0 heterocycles. The third-order valence-electron chi connectivity index (χ3n) is 3.94. The van der Waals surface area contributed by atoms with Crippen molar-refractivity contribution in [1.82, 2.24) is 5.32 Å². The van der Waals surface area contributed by atoms with E-state index in [4.69, 9.17) is 0 Å². The summed E-state index contributed by atoms with van der Waals surface area (Å²) in [7, 11) is 0. The largest absolute Gasteiger partial charge is 0.310 e. The molecule has 1 heteroatoms. The molecule has 94 valence electrons. The zero-order chi connectivity index (χ0) is 12.1. The van der Waals surface area contributed by atoms with Gasteiger partial charge in [0.25, 0.3) is 0 Å². The summed E-state index contributed by atoms with van der Waals surface area (Å²) < 4.78 is 0. The Hall–Kier alpha value is -0.820. The van der Waals surface area contributed by atoms with Crippen molar-refractivity contribution in [3.63, 3.8) is 0 Å². The fraction of sp³-hybridized carbons (Fsp3) is 0.625. The minimum Gasteiger partial charge on any atom is -0.310 e. The van der Waals surface area contributed by atoms with Crippen LogP contribution in [0, 0.1) is 12.8 Å². The number of benzene rings is 1. The Labute approximate surface area is 106 Å². The average molecular weight is 231 g/mol. The molecule has 17 heavy (non-hydrogen) atoms. The molecule has 0 saturated heterocycles. The van der Waals surface area contributed by atoms with Crippen LogP contribution in [0.4, 0.5) is 0 Å². The minimum absolute atomic E-state index is 0.558. The van der Waals surface area contributed by atoms with Crippen LogP contribution in [-0.4, -0.2) is 6.54 Å². The second kappa shape index (κ2) is 6.20. The Kier molecular flexibility index (Phi) is 4.61. The molecule has 1 aromatic carbocycles. The summed E-state index contributed by atoms with van der Waals surface area (Å²) in [6, 6.07) is 9.53. The van der Waals surface area contributed by atoms with Crippen LogP contribution in [0.5, 0.6) is 0 Å². The summed E-state index contributed by atoms with van der Waals surface area (Å²) >= 11 is 0. The highest BCUT2D eigenvalue weighted by molar-refractivity contribution is 5.25. The van der Waals surface area contributed by atoms with E-state index >= 15 is 0 Å². The first-order chi connectivity index (χ1) is 8.29. The van der Waals surface area contributed by atoms with E-state index in [1.807, 2.05) is 0 Å². The Morgan fingerprint density at radius 2 is 2.06 bits per heavy atom. The lowest BCUT2D eigenvalue weighted by Gasteiger charge is -2.22. The molecule has 1 N–H and O–H groups in total. The molecule has 1 aliphatic carbocycles. The Bertz CT molecular complexity index is 339. The van der Waals surface area contributed by atoms with Crippen LogP contribution >= 0.6 is 0 Å². The summed E-state index contributed by atoms with van der Waals surface area (Å²) in [5.74, 6) is 0.944. The number of rotatable bonds is 5. The van der Waals surface area contributed by atoms with Gasteiger partial charge in [0, 0.05) is 6.04 Å². The maximum Gasteiger partial charge on any atom is 0.0322 e. The lowest BCUT2D eigenvalue weighted by Crippen LogP contribution is -2.23. The summed E-state index contributed by atoms with van der Waals surface area (Å²) in [6.45, 7) is 5.45. The Morgan fingerprint density at radius 1 is 1.29 bits per heavy atom. The van der Waals surface area contributed by atoms with E-state index in [9.17, 15) is 0 Å². The van der Waals surface area contributed by atoms with E-state index in [1.165, 1.54) is 43.2 Å². The van der Waals surface area contributed by atoms with Crippen LogP contribution in [0.3, 0.4) is 0 Å². The molecule has 0 bridgehead atoms. The molecule has 0 spiro atoms. The van der Waals surface area contributed by atoms with Crippen molar-refractivity contribution in [3.05, 3.63) is 35.4 Å². The van der Waals surface area contributed by atoms with Crippen molar-refractivity contribution >= 4 is 0 Å². The molecular weight excluding hydrogens is 206 g/mol. The normalized spacial score (nSPS) is 18.5. The van der Waals surface area contributed by atoms with Crippen molar-refractivity contribution in [3.8, 4) is 0 Å². The van der Waals surface area contributed by atoms with Gasteiger partial charge in [-0.2, -0.15) is 0 Å². The number of hydrogen-bond acceptors (Lipinski definition) is 1. The van der Waals surface area contributed by atoms with Crippen LogP contribution in [0.1, 0.15) is 56.2 Å². The van der Waals surface area contributed by atoms with E-state index in [2.05, 4.69) is 43.4 Å². The second-order valence-electron chi connectivity index (χ2n) is 5.41. The minimum atomic E-state index is 0.558. The molecule has 1 aromatic rings. The van der Waals surface area contributed by atoms with Crippen molar-refractivity contribution < 1.29 is 0 Å². The second-order valence-corrected chi connectivity index (χ2v) is 5.41. The van der Waals surface area contributed by atoms with Gasteiger partial charge in [-0.1, -0.05) is 62.4 Å². The summed E-state index contributed by atoms with van der Waals surface area (Å²) in [5.41, 5.74) is 2.84. The number of nitrogens with one attached hydrogen (secondary N) is 1. The molecule has 1 fully saturated rings. The third-order valence-corrected chi connectivity index (χ3v) is 3.94. The molecule has 1 saturated carbocycles. The van der Waals surface area contributed by atoms with Crippen LogP contribution in [0.25, 0.3) is 0 Å². The average Bonchev–Trinajstić information content (AvgIpc) is 2.81. The van der Waals surface area contributed by atoms with Gasteiger partial charge in [0.05, 0.1) is 0 Å². The van der Waals surface area contributed by atoms with Gasteiger partial charge in [-0.3, -0.25) is 0 Å². The lowest BCUT2D eigenvalue weighted by molar-refractivity contribution is 0.400. The van der Waals surface area contributed by atoms with Gasteiger partial charge in [0.2, 0.25) is 0 Å². The predicted octanol–water partition coefficient (Wildman–Crippen LogP) is 4.23. The zero-order valence-corrected chi connectivity index (χ0v) is 11.2. The molecule has 1 unspecified atom stereocenters. The highest BCUT2D eigenvalue weighted by atomic mass is 14.9. The Balaban J connectivity index is 2.04.